The van der Waals surface area contributed by atoms with E-state index in [1.54, 1.807) is 24.3 Å². The van der Waals surface area contributed by atoms with Gasteiger partial charge in [0.25, 0.3) is 0 Å². The number of rotatable bonds is 9. The van der Waals surface area contributed by atoms with Crippen molar-refractivity contribution >= 4 is 52.9 Å². The molecule has 0 aliphatic heterocycles. The van der Waals surface area contributed by atoms with Crippen molar-refractivity contribution in [1.29, 1.82) is 0 Å². The second-order valence-corrected chi connectivity index (χ2v) is 7.34. The molecule has 6 nitrogen and oxygen atoms in total. The van der Waals surface area contributed by atoms with Crippen LogP contribution in [0.2, 0.25) is 4.34 Å². The smallest absolute Gasteiger partial charge is 0.387 e. The lowest BCUT2D eigenvalue weighted by atomic mass is 10.2. The standard InChI is InChI=1S/C18H22ClF2N3O3S.HI/c1-3-22-18(24-10-12(25)15-6-7-16(19)28-15)23-9-11-4-5-13(26-2)14(8-11)27-17(20)21;/h4-8,12,17,25H,3,9-10H2,1-2H3,(H2,22,23,24);1H. The first kappa shape index (κ1) is 25.7. The maximum atomic E-state index is 12.5. The summed E-state index contributed by atoms with van der Waals surface area (Å²) < 4.78 is 35.2. The number of guanidine groups is 1. The lowest BCUT2D eigenvalue weighted by Crippen LogP contribution is -2.39. The van der Waals surface area contributed by atoms with Crippen molar-refractivity contribution in [3.05, 3.63) is 45.1 Å². The van der Waals surface area contributed by atoms with Gasteiger partial charge in [-0.15, -0.1) is 35.3 Å². The fourth-order valence-corrected chi connectivity index (χ4v) is 3.37. The van der Waals surface area contributed by atoms with Gasteiger partial charge in [-0.05, 0) is 36.8 Å². The summed E-state index contributed by atoms with van der Waals surface area (Å²) in [5, 5.41) is 16.3. The zero-order valence-electron chi connectivity index (χ0n) is 15.8. The van der Waals surface area contributed by atoms with Gasteiger partial charge in [-0.3, -0.25) is 0 Å². The van der Waals surface area contributed by atoms with Gasteiger partial charge < -0.3 is 25.2 Å². The van der Waals surface area contributed by atoms with Gasteiger partial charge in [0.05, 0.1) is 18.0 Å². The summed E-state index contributed by atoms with van der Waals surface area (Å²) in [6, 6.07) is 8.22. The lowest BCUT2D eigenvalue weighted by molar-refractivity contribution is -0.0512. The Bertz CT molecular complexity index is 795. The van der Waals surface area contributed by atoms with Crippen molar-refractivity contribution < 1.29 is 23.4 Å². The summed E-state index contributed by atoms with van der Waals surface area (Å²) in [5.74, 6) is 0.653. The van der Waals surface area contributed by atoms with Gasteiger partial charge in [0.2, 0.25) is 0 Å². The third kappa shape index (κ3) is 8.49. The number of hydrogen-bond donors (Lipinski definition) is 3. The molecule has 3 N–H and O–H groups in total. The minimum Gasteiger partial charge on any atom is -0.493 e. The van der Waals surface area contributed by atoms with E-state index >= 15 is 0 Å². The number of aliphatic imine (C=N–C) groups is 1. The molecule has 0 aliphatic rings. The first-order valence-corrected chi connectivity index (χ1v) is 9.69. The summed E-state index contributed by atoms with van der Waals surface area (Å²) in [6.07, 6.45) is -0.728. The third-order valence-corrected chi connectivity index (χ3v) is 4.93. The number of alkyl halides is 2. The van der Waals surface area contributed by atoms with E-state index in [1.807, 2.05) is 6.92 Å². The minimum absolute atomic E-state index is 0. The highest BCUT2D eigenvalue weighted by Crippen LogP contribution is 2.30. The molecule has 1 heterocycles. The Morgan fingerprint density at radius 1 is 1.24 bits per heavy atom. The molecule has 0 spiro atoms. The quantitative estimate of drug-likeness (QED) is 0.240. The fourth-order valence-electron chi connectivity index (χ4n) is 2.32. The van der Waals surface area contributed by atoms with Gasteiger partial charge in [0.1, 0.15) is 6.10 Å². The fraction of sp³-hybridized carbons (Fsp3) is 0.389. The van der Waals surface area contributed by atoms with Crippen LogP contribution in [0.1, 0.15) is 23.5 Å². The normalized spacial score (nSPS) is 12.3. The first-order chi connectivity index (χ1) is 13.4. The summed E-state index contributed by atoms with van der Waals surface area (Å²) >= 11 is 7.19. The molecule has 0 fully saturated rings. The molecular formula is C18H23ClF2IN3O3S. The number of halogens is 4. The molecule has 11 heteroatoms. The Kier molecular flexibility index (Phi) is 11.5. The van der Waals surface area contributed by atoms with Gasteiger partial charge in [-0.2, -0.15) is 8.78 Å². The number of nitrogens with one attached hydrogen (secondary N) is 2. The molecule has 0 bridgehead atoms. The maximum absolute atomic E-state index is 12.5. The minimum atomic E-state index is -2.95. The van der Waals surface area contributed by atoms with Gasteiger partial charge in [-0.25, -0.2) is 4.99 Å². The van der Waals surface area contributed by atoms with Gasteiger partial charge in [0, 0.05) is 18.0 Å². The molecule has 0 saturated heterocycles. The predicted molar refractivity (Wildman–Crippen MR) is 122 cm³/mol. The Morgan fingerprint density at radius 2 is 2.00 bits per heavy atom. The van der Waals surface area contributed by atoms with Crippen molar-refractivity contribution in [2.24, 2.45) is 4.99 Å². The number of thiophene rings is 1. The number of ether oxygens (including phenoxy) is 2. The van der Waals surface area contributed by atoms with E-state index in [2.05, 4.69) is 20.4 Å². The number of aliphatic hydroxyl groups excluding tert-OH is 1. The Balaban J connectivity index is 0.00000420. The average molecular weight is 562 g/mol. The zero-order valence-corrected chi connectivity index (χ0v) is 19.7. The predicted octanol–water partition coefficient (Wildman–Crippen LogP) is 4.42. The average Bonchev–Trinajstić information content (AvgIpc) is 3.10. The third-order valence-electron chi connectivity index (χ3n) is 3.59. The summed E-state index contributed by atoms with van der Waals surface area (Å²) in [7, 11) is 1.38. The highest BCUT2D eigenvalue weighted by molar-refractivity contribution is 14.0. The van der Waals surface area contributed by atoms with Crippen molar-refractivity contribution in [3.8, 4) is 11.5 Å². The Labute approximate surface area is 194 Å². The summed E-state index contributed by atoms with van der Waals surface area (Å²) in [5.41, 5.74) is 0.666. The second kappa shape index (κ2) is 13.0. The van der Waals surface area contributed by atoms with Crippen LogP contribution in [0.3, 0.4) is 0 Å². The van der Waals surface area contributed by atoms with E-state index < -0.39 is 12.7 Å². The van der Waals surface area contributed by atoms with E-state index in [0.29, 0.717) is 22.4 Å². The number of benzene rings is 1. The van der Waals surface area contributed by atoms with Gasteiger partial charge >= 0.3 is 6.61 Å². The highest BCUT2D eigenvalue weighted by atomic mass is 127. The van der Waals surface area contributed by atoms with Gasteiger partial charge in [-0.1, -0.05) is 17.7 Å². The van der Waals surface area contributed by atoms with Crippen LogP contribution in [-0.4, -0.2) is 37.9 Å². The Morgan fingerprint density at radius 3 is 2.59 bits per heavy atom. The monoisotopic (exact) mass is 561 g/mol. The van der Waals surface area contributed by atoms with Crippen LogP contribution in [0.4, 0.5) is 8.78 Å². The zero-order chi connectivity index (χ0) is 20.5. The molecule has 1 atom stereocenters. The van der Waals surface area contributed by atoms with E-state index in [0.717, 1.165) is 4.88 Å². The first-order valence-electron chi connectivity index (χ1n) is 8.50. The van der Waals surface area contributed by atoms with Crippen molar-refractivity contribution in [2.75, 3.05) is 20.2 Å². The number of methoxy groups -OCH3 is 1. The number of aliphatic hydroxyl groups is 1. The van der Waals surface area contributed by atoms with E-state index in [4.69, 9.17) is 16.3 Å². The summed E-state index contributed by atoms with van der Waals surface area (Å²) in [6.45, 7) is 0.0492. The largest absolute Gasteiger partial charge is 0.493 e. The van der Waals surface area contributed by atoms with E-state index in [9.17, 15) is 13.9 Å². The molecule has 2 aromatic rings. The molecule has 1 aromatic carbocycles. The molecule has 0 amide bonds. The van der Waals surface area contributed by atoms with Crippen LogP contribution in [0.15, 0.2) is 35.3 Å². The molecule has 2 rings (SSSR count). The maximum Gasteiger partial charge on any atom is 0.387 e. The lowest BCUT2D eigenvalue weighted by Gasteiger charge is -2.15. The number of nitrogens with zero attached hydrogens (tertiary/aromatic N) is 1. The SMILES string of the molecule is CCNC(=NCc1ccc(OC)c(OC(F)F)c1)NCC(O)c1ccc(Cl)s1.I. The van der Waals surface area contributed by atoms with E-state index in [-0.39, 0.29) is 48.6 Å². The molecule has 0 saturated carbocycles. The molecule has 29 heavy (non-hydrogen) atoms. The topological polar surface area (TPSA) is 75.1 Å². The molecule has 162 valence electrons. The Hall–Kier alpha value is -1.37. The van der Waals surface area contributed by atoms with Crippen LogP contribution in [0, 0.1) is 0 Å². The summed E-state index contributed by atoms with van der Waals surface area (Å²) in [4.78, 5) is 5.15. The molecule has 1 unspecified atom stereocenters. The van der Waals surface area contributed by atoms with Gasteiger partial charge in [0.15, 0.2) is 17.5 Å². The molecule has 0 radical (unpaired) electrons. The van der Waals surface area contributed by atoms with Crippen LogP contribution < -0.4 is 20.1 Å². The highest BCUT2D eigenvalue weighted by Gasteiger charge is 2.13. The van der Waals surface area contributed by atoms with Crippen LogP contribution in [0.5, 0.6) is 11.5 Å². The van der Waals surface area contributed by atoms with Crippen molar-refractivity contribution in [1.82, 2.24) is 10.6 Å². The second-order valence-electron chi connectivity index (χ2n) is 5.60. The van der Waals surface area contributed by atoms with Crippen molar-refractivity contribution in [3.63, 3.8) is 0 Å². The number of hydrogen-bond acceptors (Lipinski definition) is 5. The molecular weight excluding hydrogens is 539 g/mol. The molecule has 0 aliphatic carbocycles. The van der Waals surface area contributed by atoms with Crippen molar-refractivity contribution in [2.45, 2.75) is 26.2 Å². The van der Waals surface area contributed by atoms with Crippen LogP contribution >= 0.6 is 46.9 Å². The molecule has 1 aromatic heterocycles. The van der Waals surface area contributed by atoms with Crippen LogP contribution in [-0.2, 0) is 6.54 Å². The van der Waals surface area contributed by atoms with E-state index in [1.165, 1.54) is 24.5 Å². The van der Waals surface area contributed by atoms with Crippen LogP contribution in [0.25, 0.3) is 0 Å².